The summed E-state index contributed by atoms with van der Waals surface area (Å²) in [5, 5.41) is 6.12. The van der Waals surface area contributed by atoms with Gasteiger partial charge in [-0.25, -0.2) is 0 Å². The molecule has 0 saturated heterocycles. The molecule has 2 aromatic rings. The molecule has 0 aromatic heterocycles. The first kappa shape index (κ1) is 18.3. The minimum atomic E-state index is -0.489. The van der Waals surface area contributed by atoms with Crippen LogP contribution in [-0.4, -0.2) is 25.2 Å². The Morgan fingerprint density at radius 3 is 2.54 bits per heavy atom. The van der Waals surface area contributed by atoms with E-state index in [0.29, 0.717) is 16.5 Å². The molecule has 0 saturated carbocycles. The van der Waals surface area contributed by atoms with Gasteiger partial charge in [-0.3, -0.25) is 10.1 Å². The van der Waals surface area contributed by atoms with Crippen molar-refractivity contribution in [2.45, 2.75) is 0 Å². The molecule has 1 amide bonds. The van der Waals surface area contributed by atoms with Crippen LogP contribution >= 0.6 is 35.4 Å². The van der Waals surface area contributed by atoms with Gasteiger partial charge in [0.1, 0.15) is 11.5 Å². The minimum Gasteiger partial charge on any atom is -0.497 e. The van der Waals surface area contributed by atoms with Crippen LogP contribution in [0.3, 0.4) is 0 Å². The molecule has 0 aliphatic rings. The summed E-state index contributed by atoms with van der Waals surface area (Å²) in [5.74, 6) is 0.400. The van der Waals surface area contributed by atoms with Gasteiger partial charge < -0.3 is 14.8 Å². The van der Waals surface area contributed by atoms with E-state index in [1.54, 1.807) is 31.4 Å². The molecule has 126 valence electrons. The van der Waals surface area contributed by atoms with E-state index in [4.69, 9.17) is 44.9 Å². The second-order valence-corrected chi connectivity index (χ2v) is 5.86. The van der Waals surface area contributed by atoms with Gasteiger partial charge in [0.15, 0.2) is 5.11 Å². The Hall–Kier alpha value is -2.02. The lowest BCUT2D eigenvalue weighted by atomic mass is 10.2. The molecule has 8 heteroatoms. The van der Waals surface area contributed by atoms with E-state index in [1.165, 1.54) is 19.2 Å². The first-order valence-electron chi connectivity index (χ1n) is 6.74. The average molecular weight is 385 g/mol. The second kappa shape index (κ2) is 8.19. The van der Waals surface area contributed by atoms with Gasteiger partial charge in [-0.2, -0.15) is 0 Å². The summed E-state index contributed by atoms with van der Waals surface area (Å²) in [7, 11) is 2.98. The molecule has 0 heterocycles. The van der Waals surface area contributed by atoms with Crippen LogP contribution in [0.15, 0.2) is 36.4 Å². The maximum atomic E-state index is 12.4. The van der Waals surface area contributed by atoms with Gasteiger partial charge in [-0.1, -0.05) is 29.3 Å². The molecule has 0 fully saturated rings. The van der Waals surface area contributed by atoms with Crippen molar-refractivity contribution in [3.8, 4) is 11.5 Å². The smallest absolute Gasteiger partial charge is 0.261 e. The number of nitrogens with one attached hydrogen (secondary N) is 2. The minimum absolute atomic E-state index is 0.117. The van der Waals surface area contributed by atoms with Crippen molar-refractivity contribution < 1.29 is 14.3 Å². The van der Waals surface area contributed by atoms with Gasteiger partial charge in [-0.05, 0) is 36.5 Å². The van der Waals surface area contributed by atoms with Crippen molar-refractivity contribution in [1.29, 1.82) is 0 Å². The summed E-state index contributed by atoms with van der Waals surface area (Å²) in [4.78, 5) is 12.4. The number of carbonyl (C=O) groups is 1. The number of thiocarbonyl (C=S) groups is 1. The van der Waals surface area contributed by atoms with E-state index in [1.807, 2.05) is 0 Å². The van der Waals surface area contributed by atoms with Crippen LogP contribution in [0.4, 0.5) is 5.69 Å². The number of ether oxygens (including phenoxy) is 2. The Morgan fingerprint density at radius 2 is 1.88 bits per heavy atom. The lowest BCUT2D eigenvalue weighted by Crippen LogP contribution is -2.34. The van der Waals surface area contributed by atoms with Crippen molar-refractivity contribution in [3.63, 3.8) is 0 Å². The van der Waals surface area contributed by atoms with Gasteiger partial charge in [0.25, 0.3) is 5.91 Å². The molecule has 0 spiro atoms. The highest BCUT2D eigenvalue weighted by Crippen LogP contribution is 2.32. The van der Waals surface area contributed by atoms with Crippen LogP contribution in [0.5, 0.6) is 11.5 Å². The van der Waals surface area contributed by atoms with Crippen LogP contribution in [0, 0.1) is 0 Å². The molecule has 2 N–H and O–H groups in total. The van der Waals surface area contributed by atoms with Crippen molar-refractivity contribution in [2.24, 2.45) is 0 Å². The highest BCUT2D eigenvalue weighted by atomic mass is 35.5. The Balaban J connectivity index is 2.13. The predicted octanol–water partition coefficient (Wildman–Crippen LogP) is 4.14. The maximum absolute atomic E-state index is 12.4. The predicted molar refractivity (Wildman–Crippen MR) is 99.7 cm³/mol. The van der Waals surface area contributed by atoms with Crippen LogP contribution in [0.1, 0.15) is 10.4 Å². The van der Waals surface area contributed by atoms with Crippen molar-refractivity contribution >= 4 is 52.1 Å². The summed E-state index contributed by atoms with van der Waals surface area (Å²) in [6, 6.07) is 10.1. The molecule has 0 bridgehead atoms. The van der Waals surface area contributed by atoms with Crippen molar-refractivity contribution in [1.82, 2.24) is 5.32 Å². The zero-order valence-electron chi connectivity index (χ0n) is 12.9. The average Bonchev–Trinajstić information content (AvgIpc) is 2.54. The zero-order valence-corrected chi connectivity index (χ0v) is 15.2. The molecular weight excluding hydrogens is 371 g/mol. The molecule has 0 radical (unpaired) electrons. The van der Waals surface area contributed by atoms with E-state index < -0.39 is 5.91 Å². The van der Waals surface area contributed by atoms with E-state index >= 15 is 0 Å². The number of methoxy groups -OCH3 is 2. The first-order chi connectivity index (χ1) is 11.4. The van der Waals surface area contributed by atoms with Crippen molar-refractivity contribution in [2.75, 3.05) is 19.5 Å². The second-order valence-electron chi connectivity index (χ2n) is 4.61. The Bertz CT molecular complexity index is 784. The third kappa shape index (κ3) is 4.50. The summed E-state index contributed by atoms with van der Waals surface area (Å²) in [6.45, 7) is 0. The molecule has 24 heavy (non-hydrogen) atoms. The Morgan fingerprint density at radius 1 is 1.12 bits per heavy atom. The third-order valence-corrected chi connectivity index (χ3v) is 3.71. The number of amides is 1. The Labute approximate surface area is 154 Å². The quantitative estimate of drug-likeness (QED) is 0.775. The molecule has 0 aliphatic heterocycles. The molecule has 2 aromatic carbocycles. The molecule has 0 unspecified atom stereocenters. The van der Waals surface area contributed by atoms with Crippen molar-refractivity contribution in [3.05, 3.63) is 52.0 Å². The van der Waals surface area contributed by atoms with Gasteiger partial charge in [0, 0.05) is 16.8 Å². The number of halogens is 2. The normalized spacial score (nSPS) is 10.0. The number of anilines is 1. The fraction of sp³-hybridized carbons (Fsp3) is 0.125. The summed E-state index contributed by atoms with van der Waals surface area (Å²) in [5.41, 5.74) is 0.862. The molecule has 0 aliphatic carbocycles. The summed E-state index contributed by atoms with van der Waals surface area (Å²) in [6.07, 6.45) is 0. The number of carbonyl (C=O) groups excluding carboxylic acids is 1. The third-order valence-electron chi connectivity index (χ3n) is 3.01. The largest absolute Gasteiger partial charge is 0.497 e. The number of hydrogen-bond acceptors (Lipinski definition) is 4. The monoisotopic (exact) mass is 384 g/mol. The fourth-order valence-corrected chi connectivity index (χ4v) is 2.75. The number of benzene rings is 2. The molecular formula is C16H14Cl2N2O3S. The highest BCUT2D eigenvalue weighted by Gasteiger charge is 2.17. The highest BCUT2D eigenvalue weighted by molar-refractivity contribution is 7.80. The summed E-state index contributed by atoms with van der Waals surface area (Å²) >= 11 is 17.1. The van der Waals surface area contributed by atoms with E-state index in [0.717, 1.165) is 0 Å². The fourth-order valence-electron chi connectivity index (χ4n) is 1.97. The van der Waals surface area contributed by atoms with Gasteiger partial charge in [0.2, 0.25) is 0 Å². The van der Waals surface area contributed by atoms with E-state index in [9.17, 15) is 4.79 Å². The lowest BCUT2D eigenvalue weighted by molar-refractivity contribution is 0.0975. The van der Waals surface area contributed by atoms with Gasteiger partial charge in [0.05, 0.1) is 24.8 Å². The topological polar surface area (TPSA) is 59.6 Å². The molecule has 2 rings (SSSR count). The van der Waals surface area contributed by atoms with E-state index in [2.05, 4.69) is 10.6 Å². The van der Waals surface area contributed by atoms with Gasteiger partial charge in [-0.15, -0.1) is 0 Å². The van der Waals surface area contributed by atoms with Crippen LogP contribution in [0.2, 0.25) is 10.0 Å². The molecule has 5 nitrogen and oxygen atoms in total. The molecule has 0 atom stereocenters. The Kier molecular flexibility index (Phi) is 6.25. The van der Waals surface area contributed by atoms with Crippen LogP contribution in [0.25, 0.3) is 0 Å². The number of hydrogen-bond donors (Lipinski definition) is 2. The maximum Gasteiger partial charge on any atom is 0.261 e. The van der Waals surface area contributed by atoms with E-state index in [-0.39, 0.29) is 21.4 Å². The first-order valence-corrected chi connectivity index (χ1v) is 7.90. The lowest BCUT2D eigenvalue weighted by Gasteiger charge is -2.13. The SMILES string of the molecule is COc1cccc(NC(=S)NC(=O)c2cc(Cl)cc(Cl)c2OC)c1. The van der Waals surface area contributed by atoms with Crippen LogP contribution < -0.4 is 20.1 Å². The summed E-state index contributed by atoms with van der Waals surface area (Å²) < 4.78 is 10.3. The zero-order chi connectivity index (χ0) is 17.7. The van der Waals surface area contributed by atoms with Gasteiger partial charge >= 0.3 is 0 Å². The number of rotatable bonds is 4. The van der Waals surface area contributed by atoms with Crippen LogP contribution in [-0.2, 0) is 0 Å². The standard InChI is InChI=1S/C16H14Cl2N2O3S/c1-22-11-5-3-4-10(8-11)19-16(24)20-15(21)12-6-9(17)7-13(18)14(12)23-2/h3-8H,1-2H3,(H2,19,20,21,24).